The molecule has 176 valence electrons. The molecule has 34 heavy (non-hydrogen) atoms. The third-order valence-corrected chi connectivity index (χ3v) is 5.22. The first kappa shape index (κ1) is 25.2. The smallest absolute Gasteiger partial charge is 0.276 e. The number of nitrogens with one attached hydrogen (secondary N) is 3. The number of carbonyl (C=O) groups excluding carboxylic acids is 2. The molecule has 3 aromatic carbocycles. The summed E-state index contributed by atoms with van der Waals surface area (Å²) in [6.07, 6.45) is 0.807. The molecule has 7 nitrogen and oxygen atoms in total. The molecule has 9 heteroatoms. The number of hydrogen-bond donors (Lipinski definition) is 3. The number of ether oxygens (including phenoxy) is 2. The second-order valence-corrected chi connectivity index (χ2v) is 8.42. The molecule has 0 aliphatic carbocycles. The number of para-hydroxylation sites is 1. The number of thiocarbonyl (C=S) groups is 1. The lowest BCUT2D eigenvalue weighted by Crippen LogP contribution is -2.49. The Balaban J connectivity index is 1.51. The fourth-order valence-electron chi connectivity index (χ4n) is 2.97. The fourth-order valence-corrected chi connectivity index (χ4v) is 3.48. The van der Waals surface area contributed by atoms with Crippen LogP contribution in [-0.4, -0.2) is 30.1 Å². The first-order valence-electron chi connectivity index (χ1n) is 10.6. The molecule has 0 radical (unpaired) electrons. The molecule has 3 N–H and O–H groups in total. The van der Waals surface area contributed by atoms with E-state index < -0.39 is 11.8 Å². The van der Waals surface area contributed by atoms with Gasteiger partial charge in [0, 0.05) is 10.0 Å². The van der Waals surface area contributed by atoms with Crippen LogP contribution in [0.25, 0.3) is 11.1 Å². The van der Waals surface area contributed by atoms with Crippen LogP contribution < -0.4 is 25.6 Å². The molecule has 0 spiro atoms. The summed E-state index contributed by atoms with van der Waals surface area (Å²) in [7, 11) is 0. The Labute approximate surface area is 211 Å². The van der Waals surface area contributed by atoms with Crippen molar-refractivity contribution < 1.29 is 19.1 Å². The van der Waals surface area contributed by atoms with Crippen molar-refractivity contribution in [3.63, 3.8) is 0 Å². The van der Waals surface area contributed by atoms with E-state index in [9.17, 15) is 9.59 Å². The van der Waals surface area contributed by atoms with E-state index in [1.54, 1.807) is 24.3 Å². The van der Waals surface area contributed by atoms with Gasteiger partial charge in [0.15, 0.2) is 11.7 Å². The fraction of sp³-hybridized carbons (Fsp3) is 0.160. The summed E-state index contributed by atoms with van der Waals surface area (Å²) in [5.41, 5.74) is 7.11. The average Bonchev–Trinajstić information content (AvgIpc) is 2.86. The minimum Gasteiger partial charge on any atom is -0.493 e. The Bertz CT molecular complexity index is 1160. The Morgan fingerprint density at radius 3 is 2.41 bits per heavy atom. The van der Waals surface area contributed by atoms with Gasteiger partial charge < -0.3 is 9.47 Å². The van der Waals surface area contributed by atoms with E-state index in [-0.39, 0.29) is 11.7 Å². The Morgan fingerprint density at radius 1 is 0.912 bits per heavy atom. The zero-order valence-corrected chi connectivity index (χ0v) is 20.9. The van der Waals surface area contributed by atoms with Gasteiger partial charge in [-0.15, -0.1) is 0 Å². The van der Waals surface area contributed by atoms with Crippen LogP contribution in [0.5, 0.6) is 11.5 Å². The number of amides is 2. The van der Waals surface area contributed by atoms with Gasteiger partial charge in [-0.2, -0.15) is 0 Å². The SMILES string of the molecule is CCCOc1ccc(Br)cc1C(=O)NC(=S)NNC(=O)COc1ccccc1-c1ccccc1. The van der Waals surface area contributed by atoms with Gasteiger partial charge in [-0.3, -0.25) is 25.8 Å². The maximum absolute atomic E-state index is 12.6. The van der Waals surface area contributed by atoms with E-state index in [1.165, 1.54) is 0 Å². The van der Waals surface area contributed by atoms with Crippen molar-refractivity contribution in [1.29, 1.82) is 0 Å². The molecule has 0 saturated heterocycles. The first-order chi connectivity index (χ1) is 16.5. The molecular weight excluding hydrogens is 518 g/mol. The van der Waals surface area contributed by atoms with E-state index in [4.69, 9.17) is 21.7 Å². The summed E-state index contributed by atoms with van der Waals surface area (Å²) >= 11 is 8.47. The maximum Gasteiger partial charge on any atom is 0.276 e. The minimum atomic E-state index is -0.466. The van der Waals surface area contributed by atoms with Crippen molar-refractivity contribution in [3.05, 3.63) is 82.8 Å². The molecule has 0 heterocycles. The Hall–Kier alpha value is -3.43. The molecule has 0 aliphatic heterocycles. The van der Waals surface area contributed by atoms with E-state index in [0.717, 1.165) is 22.0 Å². The first-order valence-corrected chi connectivity index (χ1v) is 11.8. The lowest BCUT2D eigenvalue weighted by Gasteiger charge is -2.14. The van der Waals surface area contributed by atoms with Gasteiger partial charge in [0.25, 0.3) is 11.8 Å². The van der Waals surface area contributed by atoms with Gasteiger partial charge in [-0.1, -0.05) is 71.4 Å². The van der Waals surface area contributed by atoms with Gasteiger partial charge in [0.05, 0.1) is 12.2 Å². The highest BCUT2D eigenvalue weighted by Crippen LogP contribution is 2.29. The summed E-state index contributed by atoms with van der Waals surface area (Å²) < 4.78 is 12.0. The molecule has 0 saturated carbocycles. The molecule has 0 aromatic heterocycles. The summed E-state index contributed by atoms with van der Waals surface area (Å²) in [5.74, 6) is 0.0925. The standard InChI is InChI=1S/C25H24BrN3O4S/c1-2-14-32-22-13-12-18(26)15-20(22)24(31)27-25(34)29-28-23(30)16-33-21-11-7-6-10-19(21)17-8-4-3-5-9-17/h3-13,15H,2,14,16H2,1H3,(H,28,30)(H2,27,29,31,34). The predicted octanol–water partition coefficient (Wildman–Crippen LogP) is 4.62. The van der Waals surface area contributed by atoms with Crippen LogP contribution in [0.3, 0.4) is 0 Å². The van der Waals surface area contributed by atoms with Crippen molar-refractivity contribution in [2.45, 2.75) is 13.3 Å². The monoisotopic (exact) mass is 541 g/mol. The van der Waals surface area contributed by atoms with Crippen LogP contribution in [0.4, 0.5) is 0 Å². The quantitative estimate of drug-likeness (QED) is 0.285. The minimum absolute atomic E-state index is 0.0653. The molecule has 2 amide bonds. The second-order valence-electron chi connectivity index (χ2n) is 7.10. The molecule has 0 fully saturated rings. The summed E-state index contributed by atoms with van der Waals surface area (Å²) in [4.78, 5) is 24.9. The van der Waals surface area contributed by atoms with E-state index >= 15 is 0 Å². The number of benzene rings is 3. The van der Waals surface area contributed by atoms with Crippen molar-refractivity contribution in [2.24, 2.45) is 0 Å². The van der Waals surface area contributed by atoms with Gasteiger partial charge in [0.1, 0.15) is 11.5 Å². The van der Waals surface area contributed by atoms with Crippen LogP contribution >= 0.6 is 28.1 Å². The molecule has 0 atom stereocenters. The average molecular weight is 542 g/mol. The predicted molar refractivity (Wildman–Crippen MR) is 139 cm³/mol. The normalized spacial score (nSPS) is 10.2. The molecular formula is C25H24BrN3O4S. The van der Waals surface area contributed by atoms with Crippen molar-refractivity contribution in [3.8, 4) is 22.6 Å². The zero-order valence-electron chi connectivity index (χ0n) is 18.5. The van der Waals surface area contributed by atoms with Crippen LogP contribution in [0.15, 0.2) is 77.3 Å². The third-order valence-electron chi connectivity index (χ3n) is 4.52. The van der Waals surface area contributed by atoms with Gasteiger partial charge in [-0.25, -0.2) is 0 Å². The van der Waals surface area contributed by atoms with Crippen molar-refractivity contribution in [2.75, 3.05) is 13.2 Å². The van der Waals surface area contributed by atoms with Gasteiger partial charge in [0.2, 0.25) is 0 Å². The molecule has 3 aromatic rings. The number of carbonyl (C=O) groups is 2. The maximum atomic E-state index is 12.6. The highest BCUT2D eigenvalue weighted by Gasteiger charge is 2.15. The van der Waals surface area contributed by atoms with Crippen LogP contribution in [0, 0.1) is 0 Å². The number of halogens is 1. The second kappa shape index (κ2) is 12.7. The van der Waals surface area contributed by atoms with Crippen LogP contribution in [0.1, 0.15) is 23.7 Å². The molecule has 0 unspecified atom stereocenters. The number of hydrogen-bond acceptors (Lipinski definition) is 5. The largest absolute Gasteiger partial charge is 0.493 e. The van der Waals surface area contributed by atoms with Crippen molar-refractivity contribution >= 4 is 45.1 Å². The summed E-state index contributed by atoms with van der Waals surface area (Å²) in [6, 6.07) is 22.3. The Morgan fingerprint density at radius 2 is 1.65 bits per heavy atom. The van der Waals surface area contributed by atoms with Crippen LogP contribution in [0.2, 0.25) is 0 Å². The van der Waals surface area contributed by atoms with Gasteiger partial charge >= 0.3 is 0 Å². The van der Waals surface area contributed by atoms with E-state index in [0.29, 0.717) is 23.7 Å². The number of rotatable bonds is 8. The van der Waals surface area contributed by atoms with Gasteiger partial charge in [-0.05, 0) is 48.5 Å². The van der Waals surface area contributed by atoms with Crippen molar-refractivity contribution in [1.82, 2.24) is 16.2 Å². The highest BCUT2D eigenvalue weighted by atomic mass is 79.9. The Kier molecular flexibility index (Phi) is 9.42. The third kappa shape index (κ3) is 7.29. The summed E-state index contributed by atoms with van der Waals surface area (Å²) in [6.45, 7) is 2.21. The van der Waals surface area contributed by atoms with E-state index in [1.807, 2.05) is 55.5 Å². The lowest BCUT2D eigenvalue weighted by atomic mass is 10.1. The molecule has 0 aliphatic rings. The number of hydrazine groups is 1. The zero-order chi connectivity index (χ0) is 24.3. The lowest BCUT2D eigenvalue weighted by molar-refractivity contribution is -0.123. The highest BCUT2D eigenvalue weighted by molar-refractivity contribution is 9.10. The topological polar surface area (TPSA) is 88.7 Å². The molecule has 3 rings (SSSR count). The van der Waals surface area contributed by atoms with Crippen LogP contribution in [-0.2, 0) is 4.79 Å². The molecule has 0 bridgehead atoms. The summed E-state index contributed by atoms with van der Waals surface area (Å²) in [5, 5.41) is 2.46. The van der Waals surface area contributed by atoms with E-state index in [2.05, 4.69) is 32.1 Å².